The summed E-state index contributed by atoms with van der Waals surface area (Å²) in [7, 11) is 0. The van der Waals surface area contributed by atoms with Crippen LogP contribution in [0.1, 0.15) is 50.5 Å². The molecule has 1 aromatic carbocycles. The second-order valence-electron chi connectivity index (χ2n) is 7.77. The predicted octanol–water partition coefficient (Wildman–Crippen LogP) is 3.65. The molecule has 2 aliphatic heterocycles. The lowest BCUT2D eigenvalue weighted by Gasteiger charge is -2.35. The molecular weight excluding hydrogens is 374 g/mol. The van der Waals surface area contributed by atoms with Crippen molar-refractivity contribution < 1.29 is 14.3 Å². The number of carbonyl (C=O) groups is 2. The topological polar surface area (TPSA) is 84.7 Å². The van der Waals surface area contributed by atoms with Gasteiger partial charge in [0.25, 0.3) is 11.1 Å². The Balaban J connectivity index is 1.70. The average Bonchev–Trinajstić information content (AvgIpc) is 3.00. The van der Waals surface area contributed by atoms with Crippen molar-refractivity contribution in [3.63, 3.8) is 0 Å². The number of benzene rings is 1. The third kappa shape index (κ3) is 4.36. The van der Waals surface area contributed by atoms with Crippen molar-refractivity contribution in [3.8, 4) is 5.75 Å². The van der Waals surface area contributed by atoms with Crippen LogP contribution in [0.2, 0.25) is 0 Å². The standard InChI is InChI=1S/C21H27N3O3S/c22-15-7-5-11-24(13-15)19-14(12-18-20(25)23-21(26)28-18)6-4-10-17(19)27-16-8-2-1-3-9-16/h4,6,10,12,15-16H,1-3,5,7-9,11,13,22H2,(H,23,25,26)/b18-12-/t15-/m1/s1. The van der Waals surface area contributed by atoms with Crippen LogP contribution in [0.15, 0.2) is 23.1 Å². The molecule has 0 bridgehead atoms. The van der Waals surface area contributed by atoms with Crippen LogP contribution in [0.3, 0.4) is 0 Å². The van der Waals surface area contributed by atoms with E-state index in [1.165, 1.54) is 19.3 Å². The largest absolute Gasteiger partial charge is 0.488 e. The van der Waals surface area contributed by atoms with Crippen LogP contribution in [-0.2, 0) is 4.79 Å². The van der Waals surface area contributed by atoms with E-state index in [1.807, 2.05) is 18.2 Å². The van der Waals surface area contributed by atoms with E-state index < -0.39 is 0 Å². The van der Waals surface area contributed by atoms with Gasteiger partial charge in [-0.1, -0.05) is 18.6 Å². The number of ether oxygens (including phenoxy) is 1. The first-order chi connectivity index (χ1) is 13.6. The van der Waals surface area contributed by atoms with Gasteiger partial charge >= 0.3 is 0 Å². The molecule has 3 N–H and O–H groups in total. The summed E-state index contributed by atoms with van der Waals surface area (Å²) >= 11 is 0.943. The lowest BCUT2D eigenvalue weighted by Crippen LogP contribution is -2.43. The summed E-state index contributed by atoms with van der Waals surface area (Å²) in [5.74, 6) is 0.514. The lowest BCUT2D eigenvalue weighted by atomic mass is 9.97. The summed E-state index contributed by atoms with van der Waals surface area (Å²) in [6.45, 7) is 1.67. The van der Waals surface area contributed by atoms with Gasteiger partial charge < -0.3 is 15.4 Å². The highest BCUT2D eigenvalue weighted by Crippen LogP contribution is 2.39. The summed E-state index contributed by atoms with van der Waals surface area (Å²) in [6, 6.07) is 6.08. The van der Waals surface area contributed by atoms with Gasteiger partial charge in [-0.05, 0) is 62.4 Å². The van der Waals surface area contributed by atoms with Crippen molar-refractivity contribution >= 4 is 34.7 Å². The molecule has 2 heterocycles. The maximum Gasteiger partial charge on any atom is 0.290 e. The first kappa shape index (κ1) is 19.3. The van der Waals surface area contributed by atoms with Crippen LogP contribution in [0.5, 0.6) is 5.75 Å². The maximum atomic E-state index is 12.0. The molecule has 2 saturated heterocycles. The smallest absolute Gasteiger partial charge is 0.290 e. The number of nitrogens with zero attached hydrogens (tertiary/aromatic N) is 1. The van der Waals surface area contributed by atoms with Gasteiger partial charge in [-0.15, -0.1) is 0 Å². The lowest BCUT2D eigenvalue weighted by molar-refractivity contribution is -0.115. The fourth-order valence-corrected chi connectivity index (χ4v) is 4.90. The van der Waals surface area contributed by atoms with E-state index in [2.05, 4.69) is 10.2 Å². The van der Waals surface area contributed by atoms with Gasteiger partial charge in [0.2, 0.25) is 0 Å². The molecule has 150 valence electrons. The van der Waals surface area contributed by atoms with Gasteiger partial charge in [0.15, 0.2) is 0 Å². The molecule has 3 fully saturated rings. The number of imide groups is 1. The molecule has 1 saturated carbocycles. The molecule has 0 unspecified atom stereocenters. The number of para-hydroxylation sites is 1. The van der Waals surface area contributed by atoms with Crippen LogP contribution in [0.25, 0.3) is 6.08 Å². The van der Waals surface area contributed by atoms with Crippen molar-refractivity contribution in [1.29, 1.82) is 0 Å². The Morgan fingerprint density at radius 3 is 2.68 bits per heavy atom. The van der Waals surface area contributed by atoms with Crippen LogP contribution in [0, 0.1) is 0 Å². The second-order valence-corrected chi connectivity index (χ2v) is 8.79. The molecule has 4 rings (SSSR count). The van der Waals surface area contributed by atoms with E-state index in [-0.39, 0.29) is 23.3 Å². The van der Waals surface area contributed by atoms with Gasteiger partial charge in [-0.2, -0.15) is 0 Å². The Morgan fingerprint density at radius 1 is 1.14 bits per heavy atom. The van der Waals surface area contributed by atoms with Gasteiger partial charge in [0.05, 0.1) is 16.7 Å². The summed E-state index contributed by atoms with van der Waals surface area (Å²) in [6.07, 6.45) is 9.93. The van der Waals surface area contributed by atoms with Crippen molar-refractivity contribution in [2.45, 2.75) is 57.1 Å². The summed E-state index contributed by atoms with van der Waals surface area (Å²) < 4.78 is 6.44. The molecule has 0 spiro atoms. The number of amides is 2. The van der Waals surface area contributed by atoms with E-state index in [9.17, 15) is 9.59 Å². The molecular formula is C21H27N3O3S. The molecule has 7 heteroatoms. The minimum absolute atomic E-state index is 0.128. The Hall–Kier alpha value is -1.99. The van der Waals surface area contributed by atoms with E-state index in [4.69, 9.17) is 10.5 Å². The number of rotatable bonds is 4. The van der Waals surface area contributed by atoms with E-state index in [1.54, 1.807) is 6.08 Å². The maximum absolute atomic E-state index is 12.0. The van der Waals surface area contributed by atoms with Crippen molar-refractivity contribution in [1.82, 2.24) is 5.32 Å². The Kier molecular flexibility index (Phi) is 5.92. The molecule has 6 nitrogen and oxygen atoms in total. The average molecular weight is 402 g/mol. The highest BCUT2D eigenvalue weighted by atomic mass is 32.2. The monoisotopic (exact) mass is 401 g/mol. The van der Waals surface area contributed by atoms with Crippen molar-refractivity contribution in [2.75, 3.05) is 18.0 Å². The minimum Gasteiger partial charge on any atom is -0.488 e. The fourth-order valence-electron chi connectivity index (χ4n) is 4.23. The van der Waals surface area contributed by atoms with E-state index in [0.29, 0.717) is 4.91 Å². The number of nitrogens with one attached hydrogen (secondary N) is 1. The minimum atomic E-state index is -0.338. The zero-order chi connectivity index (χ0) is 19.5. The number of hydrogen-bond acceptors (Lipinski definition) is 6. The third-order valence-corrected chi connectivity index (χ3v) is 6.39. The number of thioether (sulfide) groups is 1. The van der Waals surface area contributed by atoms with Crippen LogP contribution in [0.4, 0.5) is 10.5 Å². The number of carbonyl (C=O) groups excluding carboxylic acids is 2. The zero-order valence-electron chi connectivity index (χ0n) is 16.0. The summed E-state index contributed by atoms with van der Waals surface area (Å²) in [4.78, 5) is 26.3. The van der Waals surface area contributed by atoms with Crippen LogP contribution < -0.4 is 20.7 Å². The first-order valence-corrected chi connectivity index (χ1v) is 11.0. The van der Waals surface area contributed by atoms with Gasteiger partial charge in [-0.25, -0.2) is 0 Å². The number of anilines is 1. The molecule has 0 aromatic heterocycles. The zero-order valence-corrected chi connectivity index (χ0v) is 16.8. The third-order valence-electron chi connectivity index (χ3n) is 5.58. The highest BCUT2D eigenvalue weighted by Gasteiger charge is 2.28. The Bertz CT molecular complexity index is 789. The highest BCUT2D eigenvalue weighted by molar-refractivity contribution is 8.18. The predicted molar refractivity (Wildman–Crippen MR) is 112 cm³/mol. The van der Waals surface area contributed by atoms with E-state index in [0.717, 1.165) is 67.5 Å². The van der Waals surface area contributed by atoms with Gasteiger partial charge in [-0.3, -0.25) is 14.9 Å². The molecule has 1 aromatic rings. The van der Waals surface area contributed by atoms with Gasteiger partial charge in [0, 0.05) is 24.7 Å². The normalized spacial score (nSPS) is 25.2. The Labute approximate surface area is 169 Å². The van der Waals surface area contributed by atoms with Crippen molar-refractivity contribution in [2.24, 2.45) is 5.73 Å². The van der Waals surface area contributed by atoms with Crippen LogP contribution >= 0.6 is 11.8 Å². The van der Waals surface area contributed by atoms with E-state index >= 15 is 0 Å². The fraction of sp³-hybridized carbons (Fsp3) is 0.524. The second kappa shape index (κ2) is 8.57. The molecule has 28 heavy (non-hydrogen) atoms. The van der Waals surface area contributed by atoms with Crippen molar-refractivity contribution in [3.05, 3.63) is 28.7 Å². The first-order valence-electron chi connectivity index (χ1n) is 10.2. The molecule has 3 aliphatic rings. The quantitative estimate of drug-likeness (QED) is 0.749. The number of hydrogen-bond donors (Lipinski definition) is 2. The molecule has 1 atom stereocenters. The summed E-state index contributed by atoms with van der Waals surface area (Å²) in [5.41, 5.74) is 8.13. The SMILES string of the molecule is N[C@@H]1CCCN(c2c(/C=C3\SC(=O)NC3=O)cccc2OC2CCCCC2)C1. The Morgan fingerprint density at radius 2 is 1.96 bits per heavy atom. The number of nitrogens with two attached hydrogens (primary N) is 1. The van der Waals surface area contributed by atoms with Gasteiger partial charge in [0.1, 0.15) is 5.75 Å². The summed E-state index contributed by atoms with van der Waals surface area (Å²) in [5, 5.41) is 2.00. The number of piperidine rings is 1. The molecule has 1 aliphatic carbocycles. The molecule has 2 amide bonds. The van der Waals surface area contributed by atoms with Crippen LogP contribution in [-0.4, -0.2) is 36.4 Å². The molecule has 0 radical (unpaired) electrons.